The average Bonchev–Trinajstić information content (AvgIpc) is 2.63. The lowest BCUT2D eigenvalue weighted by Gasteiger charge is -2.23. The number of amides is 1. The van der Waals surface area contributed by atoms with Crippen LogP contribution in [-0.4, -0.2) is 41.5 Å². The van der Waals surface area contributed by atoms with E-state index >= 15 is 0 Å². The molecule has 0 spiro atoms. The van der Waals surface area contributed by atoms with Gasteiger partial charge in [-0.05, 0) is 19.4 Å². The van der Waals surface area contributed by atoms with E-state index in [4.69, 9.17) is 5.11 Å². The average molecular weight is 293 g/mol. The van der Waals surface area contributed by atoms with Crippen molar-refractivity contribution in [1.82, 2.24) is 5.32 Å². The number of carboxylic acids is 1. The van der Waals surface area contributed by atoms with Gasteiger partial charge in [0.05, 0.1) is 22.6 Å². The number of aromatic carboxylic acids is 1. The summed E-state index contributed by atoms with van der Waals surface area (Å²) >= 11 is 0. The zero-order valence-corrected chi connectivity index (χ0v) is 11.5. The molecule has 8 heteroatoms. The summed E-state index contributed by atoms with van der Waals surface area (Å²) in [5.41, 5.74) is 0.361. The normalized spacial score (nSPS) is 15.3. The second kappa shape index (κ2) is 5.78. The summed E-state index contributed by atoms with van der Waals surface area (Å²) in [6.45, 7) is 2.68. The van der Waals surface area contributed by atoms with Crippen molar-refractivity contribution in [1.29, 1.82) is 0 Å². The first kappa shape index (κ1) is 14.8. The van der Waals surface area contributed by atoms with Gasteiger partial charge in [0, 0.05) is 24.8 Å². The molecule has 0 unspecified atom stereocenters. The summed E-state index contributed by atoms with van der Waals surface area (Å²) < 4.78 is 0. The monoisotopic (exact) mass is 293 g/mol. The fourth-order valence-electron chi connectivity index (χ4n) is 2.34. The lowest BCUT2D eigenvalue weighted by atomic mass is 10.1. The molecular weight excluding hydrogens is 278 g/mol. The molecule has 8 nitrogen and oxygen atoms in total. The van der Waals surface area contributed by atoms with Gasteiger partial charge in [-0.1, -0.05) is 0 Å². The summed E-state index contributed by atoms with van der Waals surface area (Å²) in [6.07, 6.45) is 0.691. The van der Waals surface area contributed by atoms with Gasteiger partial charge >= 0.3 is 5.97 Å². The number of nitrogens with zero attached hydrogens (tertiary/aromatic N) is 2. The predicted molar refractivity (Wildman–Crippen MR) is 74.6 cm³/mol. The standard InChI is InChI=1S/C13H15N3O5/c1-8-10(15-4-2-3-14-12(17)7-15)5-9(13(18)19)6-11(8)16(20)21/h5-6H,2-4,7H2,1H3,(H,14,17)(H,18,19). The summed E-state index contributed by atoms with van der Waals surface area (Å²) in [4.78, 5) is 34.9. The number of carbonyl (C=O) groups is 2. The quantitative estimate of drug-likeness (QED) is 0.633. The van der Waals surface area contributed by atoms with Crippen molar-refractivity contribution in [3.63, 3.8) is 0 Å². The molecule has 2 rings (SSSR count). The number of benzene rings is 1. The SMILES string of the molecule is Cc1c(N2CCCNC(=O)C2)cc(C(=O)O)cc1[N+](=O)[O-]. The Hall–Kier alpha value is -2.64. The Labute approximate surface area is 120 Å². The number of nitrogens with one attached hydrogen (secondary N) is 1. The number of nitro groups is 1. The zero-order chi connectivity index (χ0) is 15.6. The fourth-order valence-corrected chi connectivity index (χ4v) is 2.34. The Morgan fingerprint density at radius 3 is 2.81 bits per heavy atom. The molecule has 0 saturated carbocycles. The Kier molecular flexibility index (Phi) is 4.06. The third kappa shape index (κ3) is 3.10. The number of carbonyl (C=O) groups excluding carboxylic acids is 1. The van der Waals surface area contributed by atoms with Gasteiger partial charge in [0.2, 0.25) is 5.91 Å². The minimum atomic E-state index is -1.24. The first-order chi connectivity index (χ1) is 9.90. The molecule has 1 heterocycles. The number of nitro benzene ring substituents is 1. The van der Waals surface area contributed by atoms with E-state index in [1.165, 1.54) is 6.07 Å². The van der Waals surface area contributed by atoms with Crippen molar-refractivity contribution >= 4 is 23.3 Å². The largest absolute Gasteiger partial charge is 0.478 e. The third-order valence-corrected chi connectivity index (χ3v) is 3.40. The maximum absolute atomic E-state index is 11.6. The fraction of sp³-hybridized carbons (Fsp3) is 0.385. The molecule has 1 fully saturated rings. The van der Waals surface area contributed by atoms with Crippen LogP contribution < -0.4 is 10.2 Å². The Bertz CT molecular complexity index is 614. The van der Waals surface area contributed by atoms with E-state index in [-0.39, 0.29) is 23.7 Å². The molecule has 1 aromatic rings. The van der Waals surface area contributed by atoms with Crippen molar-refractivity contribution in [2.45, 2.75) is 13.3 Å². The van der Waals surface area contributed by atoms with Crippen LogP contribution in [-0.2, 0) is 4.79 Å². The first-order valence-electron chi connectivity index (χ1n) is 6.44. The van der Waals surface area contributed by atoms with Gasteiger partial charge in [-0.15, -0.1) is 0 Å². The smallest absolute Gasteiger partial charge is 0.336 e. The molecule has 0 bridgehead atoms. The first-order valence-corrected chi connectivity index (χ1v) is 6.44. The van der Waals surface area contributed by atoms with E-state index < -0.39 is 10.9 Å². The molecule has 0 atom stereocenters. The van der Waals surface area contributed by atoms with E-state index in [1.807, 2.05) is 0 Å². The van der Waals surface area contributed by atoms with Crippen molar-refractivity contribution < 1.29 is 19.6 Å². The molecule has 2 N–H and O–H groups in total. The van der Waals surface area contributed by atoms with Crippen molar-refractivity contribution in [3.05, 3.63) is 33.4 Å². The van der Waals surface area contributed by atoms with Crippen LogP contribution in [0, 0.1) is 17.0 Å². The molecule has 0 aliphatic carbocycles. The maximum Gasteiger partial charge on any atom is 0.336 e. The molecule has 112 valence electrons. The van der Waals surface area contributed by atoms with Gasteiger partial charge < -0.3 is 15.3 Å². The zero-order valence-electron chi connectivity index (χ0n) is 11.5. The van der Waals surface area contributed by atoms with Gasteiger partial charge in [-0.25, -0.2) is 4.79 Å². The molecule has 21 heavy (non-hydrogen) atoms. The molecule has 1 saturated heterocycles. The van der Waals surface area contributed by atoms with Crippen LogP contribution in [0.1, 0.15) is 22.3 Å². The highest BCUT2D eigenvalue weighted by Crippen LogP contribution is 2.31. The highest BCUT2D eigenvalue weighted by atomic mass is 16.6. The van der Waals surface area contributed by atoms with E-state index in [0.29, 0.717) is 30.8 Å². The van der Waals surface area contributed by atoms with Gasteiger partial charge in [-0.2, -0.15) is 0 Å². The van der Waals surface area contributed by atoms with E-state index in [0.717, 1.165) is 6.07 Å². The lowest BCUT2D eigenvalue weighted by Crippen LogP contribution is -2.33. The predicted octanol–water partition coefficient (Wildman–Crippen LogP) is 0.928. The van der Waals surface area contributed by atoms with Crippen LogP contribution in [0.25, 0.3) is 0 Å². The van der Waals surface area contributed by atoms with E-state index in [2.05, 4.69) is 5.32 Å². The highest BCUT2D eigenvalue weighted by Gasteiger charge is 2.24. The molecular formula is C13H15N3O5. The van der Waals surface area contributed by atoms with E-state index in [1.54, 1.807) is 11.8 Å². The van der Waals surface area contributed by atoms with Crippen molar-refractivity contribution in [3.8, 4) is 0 Å². The van der Waals surface area contributed by atoms with Crippen LogP contribution in [0.4, 0.5) is 11.4 Å². The topological polar surface area (TPSA) is 113 Å². The molecule has 1 aliphatic heterocycles. The van der Waals surface area contributed by atoms with Crippen LogP contribution >= 0.6 is 0 Å². The molecule has 0 aromatic heterocycles. The molecule has 1 amide bonds. The van der Waals surface area contributed by atoms with Crippen LogP contribution in [0.5, 0.6) is 0 Å². The van der Waals surface area contributed by atoms with Gasteiger partial charge in [0.15, 0.2) is 0 Å². The number of rotatable bonds is 3. The second-order valence-corrected chi connectivity index (χ2v) is 4.83. The van der Waals surface area contributed by atoms with Crippen LogP contribution in [0.3, 0.4) is 0 Å². The molecule has 1 aromatic carbocycles. The summed E-state index contributed by atoms with van der Waals surface area (Å²) in [6, 6.07) is 2.42. The number of carboxylic acid groups (broad SMARTS) is 1. The minimum Gasteiger partial charge on any atom is -0.478 e. The van der Waals surface area contributed by atoms with Crippen LogP contribution in [0.2, 0.25) is 0 Å². The van der Waals surface area contributed by atoms with Crippen LogP contribution in [0.15, 0.2) is 12.1 Å². The van der Waals surface area contributed by atoms with Gasteiger partial charge in [-0.3, -0.25) is 14.9 Å². The van der Waals surface area contributed by atoms with E-state index in [9.17, 15) is 19.7 Å². The summed E-state index contributed by atoms with van der Waals surface area (Å²) in [5.74, 6) is -1.42. The van der Waals surface area contributed by atoms with Crippen molar-refractivity contribution in [2.75, 3.05) is 24.5 Å². The van der Waals surface area contributed by atoms with Gasteiger partial charge in [0.25, 0.3) is 5.69 Å². The number of anilines is 1. The third-order valence-electron chi connectivity index (χ3n) is 3.40. The summed E-state index contributed by atoms with van der Waals surface area (Å²) in [7, 11) is 0. The lowest BCUT2D eigenvalue weighted by molar-refractivity contribution is -0.385. The highest BCUT2D eigenvalue weighted by molar-refractivity contribution is 5.91. The minimum absolute atomic E-state index is 0.0566. The van der Waals surface area contributed by atoms with Gasteiger partial charge in [0.1, 0.15) is 0 Å². The molecule has 1 aliphatic rings. The summed E-state index contributed by atoms with van der Waals surface area (Å²) in [5, 5.41) is 22.9. The second-order valence-electron chi connectivity index (χ2n) is 4.83. The Morgan fingerprint density at radius 2 is 2.19 bits per heavy atom. The molecule has 0 radical (unpaired) electrons. The number of hydrogen-bond donors (Lipinski definition) is 2. The Balaban J connectivity index is 2.52. The van der Waals surface area contributed by atoms with Crippen molar-refractivity contribution in [2.24, 2.45) is 0 Å². The Morgan fingerprint density at radius 1 is 1.48 bits per heavy atom. The maximum atomic E-state index is 11.6. The number of hydrogen-bond acceptors (Lipinski definition) is 5.